The molecule has 2 aliphatic heterocycles. The fourth-order valence-corrected chi connectivity index (χ4v) is 2.24. The summed E-state index contributed by atoms with van der Waals surface area (Å²) in [6, 6.07) is 0.389. The van der Waals surface area contributed by atoms with Crippen molar-refractivity contribution in [3.8, 4) is 0 Å². The van der Waals surface area contributed by atoms with Crippen molar-refractivity contribution in [1.29, 1.82) is 0 Å². The van der Waals surface area contributed by atoms with Gasteiger partial charge in [0.15, 0.2) is 0 Å². The molecule has 3 N–H and O–H groups in total. The van der Waals surface area contributed by atoms with Crippen molar-refractivity contribution < 1.29 is 4.79 Å². The third kappa shape index (κ3) is 2.07. The number of nitrogens with zero attached hydrogens (tertiary/aromatic N) is 1. The lowest BCUT2D eigenvalue weighted by molar-refractivity contribution is -0.134. The number of nitrogens with two attached hydrogens (primary N) is 1. The van der Waals surface area contributed by atoms with Crippen LogP contribution in [-0.2, 0) is 4.79 Å². The number of hydrogen-bond acceptors (Lipinski definition) is 3. The van der Waals surface area contributed by atoms with Gasteiger partial charge in [-0.2, -0.15) is 0 Å². The Labute approximate surface area is 84.8 Å². The molecule has 0 aliphatic carbocycles. The van der Waals surface area contributed by atoms with Crippen molar-refractivity contribution >= 4 is 5.91 Å². The summed E-state index contributed by atoms with van der Waals surface area (Å²) < 4.78 is 0. The SMILES string of the molecule is NC1CCN(C(=O)C2CCCN2)CC1. The summed E-state index contributed by atoms with van der Waals surface area (Å²) in [6.45, 7) is 2.68. The fourth-order valence-electron chi connectivity index (χ4n) is 2.24. The van der Waals surface area contributed by atoms with Gasteiger partial charge in [0.25, 0.3) is 0 Å². The highest BCUT2D eigenvalue weighted by atomic mass is 16.2. The molecule has 14 heavy (non-hydrogen) atoms. The molecule has 0 aromatic rings. The number of rotatable bonds is 1. The van der Waals surface area contributed by atoms with Crippen molar-refractivity contribution in [3.05, 3.63) is 0 Å². The van der Waals surface area contributed by atoms with Crippen LogP contribution in [0.1, 0.15) is 25.7 Å². The van der Waals surface area contributed by atoms with E-state index < -0.39 is 0 Å². The summed E-state index contributed by atoms with van der Waals surface area (Å²) in [5, 5.41) is 3.24. The molecule has 80 valence electrons. The van der Waals surface area contributed by atoms with Gasteiger partial charge in [-0.05, 0) is 32.2 Å². The molecule has 0 radical (unpaired) electrons. The van der Waals surface area contributed by atoms with Crippen molar-refractivity contribution in [2.75, 3.05) is 19.6 Å². The van der Waals surface area contributed by atoms with E-state index in [9.17, 15) is 4.79 Å². The molecule has 2 heterocycles. The molecule has 2 saturated heterocycles. The molecule has 0 spiro atoms. The average Bonchev–Trinajstić information content (AvgIpc) is 2.71. The van der Waals surface area contributed by atoms with E-state index in [0.29, 0.717) is 6.04 Å². The van der Waals surface area contributed by atoms with Crippen LogP contribution in [0.15, 0.2) is 0 Å². The number of piperidine rings is 1. The quantitative estimate of drug-likeness (QED) is 0.606. The predicted molar refractivity (Wildman–Crippen MR) is 54.8 cm³/mol. The van der Waals surface area contributed by atoms with Gasteiger partial charge in [-0.25, -0.2) is 0 Å². The van der Waals surface area contributed by atoms with Gasteiger partial charge in [0.1, 0.15) is 0 Å². The summed E-state index contributed by atoms with van der Waals surface area (Å²) in [5.41, 5.74) is 5.80. The highest BCUT2D eigenvalue weighted by molar-refractivity contribution is 5.82. The average molecular weight is 197 g/mol. The first-order valence-corrected chi connectivity index (χ1v) is 5.55. The largest absolute Gasteiger partial charge is 0.341 e. The van der Waals surface area contributed by atoms with Crippen LogP contribution in [0.25, 0.3) is 0 Å². The first kappa shape index (κ1) is 9.93. The van der Waals surface area contributed by atoms with Gasteiger partial charge in [-0.1, -0.05) is 0 Å². The van der Waals surface area contributed by atoms with Crippen LogP contribution >= 0.6 is 0 Å². The van der Waals surface area contributed by atoms with Crippen LogP contribution in [0, 0.1) is 0 Å². The zero-order valence-corrected chi connectivity index (χ0v) is 8.54. The standard InChI is InChI=1S/C10H19N3O/c11-8-3-6-13(7-4-8)10(14)9-2-1-5-12-9/h8-9,12H,1-7,11H2. The molecule has 4 heteroatoms. The molecule has 1 unspecified atom stereocenters. The summed E-state index contributed by atoms with van der Waals surface area (Å²) >= 11 is 0. The lowest BCUT2D eigenvalue weighted by Crippen LogP contribution is -2.49. The van der Waals surface area contributed by atoms with E-state index in [1.54, 1.807) is 0 Å². The number of likely N-dealkylation sites (tertiary alicyclic amines) is 1. The van der Waals surface area contributed by atoms with E-state index in [1.807, 2.05) is 4.90 Å². The van der Waals surface area contributed by atoms with Crippen LogP contribution in [0.5, 0.6) is 0 Å². The normalized spacial score (nSPS) is 29.5. The van der Waals surface area contributed by atoms with E-state index >= 15 is 0 Å². The maximum absolute atomic E-state index is 11.9. The van der Waals surface area contributed by atoms with Crippen LogP contribution in [0.2, 0.25) is 0 Å². The van der Waals surface area contributed by atoms with E-state index in [-0.39, 0.29) is 11.9 Å². The van der Waals surface area contributed by atoms with Crippen molar-refractivity contribution in [1.82, 2.24) is 10.2 Å². The van der Waals surface area contributed by atoms with E-state index in [2.05, 4.69) is 5.32 Å². The molecule has 2 rings (SSSR count). The number of carbonyl (C=O) groups is 1. The summed E-state index contributed by atoms with van der Waals surface area (Å²) in [6.07, 6.45) is 4.04. The summed E-state index contributed by atoms with van der Waals surface area (Å²) in [5.74, 6) is 0.286. The number of hydrogen-bond donors (Lipinski definition) is 2. The smallest absolute Gasteiger partial charge is 0.239 e. The van der Waals surface area contributed by atoms with Crippen LogP contribution < -0.4 is 11.1 Å². The second-order valence-corrected chi connectivity index (χ2v) is 4.31. The first-order valence-electron chi connectivity index (χ1n) is 5.55. The fraction of sp³-hybridized carbons (Fsp3) is 0.900. The molecule has 2 aliphatic rings. The lowest BCUT2D eigenvalue weighted by Gasteiger charge is -2.32. The molecule has 0 saturated carbocycles. The topological polar surface area (TPSA) is 58.4 Å². The maximum atomic E-state index is 11.9. The third-order valence-corrected chi connectivity index (χ3v) is 3.21. The Morgan fingerprint density at radius 2 is 2.00 bits per heavy atom. The molecule has 4 nitrogen and oxygen atoms in total. The van der Waals surface area contributed by atoms with Gasteiger partial charge in [0.05, 0.1) is 6.04 Å². The molecule has 2 fully saturated rings. The Hall–Kier alpha value is -0.610. The Balaban J connectivity index is 1.85. The maximum Gasteiger partial charge on any atom is 0.239 e. The zero-order valence-electron chi connectivity index (χ0n) is 8.54. The van der Waals surface area contributed by atoms with E-state index in [1.165, 1.54) is 0 Å². The Morgan fingerprint density at radius 3 is 2.57 bits per heavy atom. The van der Waals surface area contributed by atoms with Crippen molar-refractivity contribution in [3.63, 3.8) is 0 Å². The molecular formula is C10H19N3O. The summed E-state index contributed by atoms with van der Waals surface area (Å²) in [7, 11) is 0. The number of amides is 1. The second kappa shape index (κ2) is 4.28. The highest BCUT2D eigenvalue weighted by Gasteiger charge is 2.28. The first-order chi connectivity index (χ1) is 6.77. The highest BCUT2D eigenvalue weighted by Crippen LogP contribution is 2.13. The van der Waals surface area contributed by atoms with Crippen LogP contribution in [0.3, 0.4) is 0 Å². The van der Waals surface area contributed by atoms with Gasteiger partial charge >= 0.3 is 0 Å². The van der Waals surface area contributed by atoms with Gasteiger partial charge in [0, 0.05) is 19.1 Å². The van der Waals surface area contributed by atoms with Crippen molar-refractivity contribution in [2.45, 2.75) is 37.8 Å². The number of carbonyl (C=O) groups excluding carboxylic acids is 1. The van der Waals surface area contributed by atoms with Gasteiger partial charge in [-0.3, -0.25) is 4.79 Å². The Kier molecular flexibility index (Phi) is 3.03. The Bertz CT molecular complexity index is 205. The minimum absolute atomic E-state index is 0.0873. The van der Waals surface area contributed by atoms with Crippen molar-refractivity contribution in [2.24, 2.45) is 5.73 Å². The van der Waals surface area contributed by atoms with E-state index in [4.69, 9.17) is 5.73 Å². The molecule has 1 atom stereocenters. The van der Waals surface area contributed by atoms with Gasteiger partial charge < -0.3 is 16.0 Å². The zero-order chi connectivity index (χ0) is 9.97. The third-order valence-electron chi connectivity index (χ3n) is 3.21. The molecular weight excluding hydrogens is 178 g/mol. The molecule has 0 aromatic carbocycles. The molecule has 0 aromatic heterocycles. The monoisotopic (exact) mass is 197 g/mol. The predicted octanol–water partition coefficient (Wildman–Crippen LogP) is -0.312. The molecule has 1 amide bonds. The Morgan fingerprint density at radius 1 is 1.29 bits per heavy atom. The van der Waals surface area contributed by atoms with Crippen LogP contribution in [0.4, 0.5) is 0 Å². The van der Waals surface area contributed by atoms with Crippen LogP contribution in [-0.4, -0.2) is 42.5 Å². The summed E-state index contributed by atoms with van der Waals surface area (Å²) in [4.78, 5) is 13.9. The number of nitrogens with one attached hydrogen (secondary N) is 1. The molecule has 0 bridgehead atoms. The van der Waals surface area contributed by atoms with Gasteiger partial charge in [0.2, 0.25) is 5.91 Å². The van der Waals surface area contributed by atoms with Gasteiger partial charge in [-0.15, -0.1) is 0 Å². The minimum Gasteiger partial charge on any atom is -0.341 e. The second-order valence-electron chi connectivity index (χ2n) is 4.31. The lowest BCUT2D eigenvalue weighted by atomic mass is 10.0. The van der Waals surface area contributed by atoms with E-state index in [0.717, 1.165) is 45.3 Å². The minimum atomic E-state index is 0.0873.